The van der Waals surface area contributed by atoms with Crippen molar-refractivity contribution in [3.63, 3.8) is 0 Å². The highest BCUT2D eigenvalue weighted by atomic mass is 35.5. The lowest BCUT2D eigenvalue weighted by Crippen LogP contribution is -2.28. The quantitative estimate of drug-likeness (QED) is 0.665. The first kappa shape index (κ1) is 20.3. The van der Waals surface area contributed by atoms with E-state index in [2.05, 4.69) is 5.32 Å². The van der Waals surface area contributed by atoms with Crippen LogP contribution in [0.5, 0.6) is 5.75 Å². The number of methoxy groups -OCH3 is 1. The normalized spacial score (nSPS) is 11.7. The van der Waals surface area contributed by atoms with Crippen LogP contribution >= 0.6 is 23.4 Å². The van der Waals surface area contributed by atoms with Gasteiger partial charge in [-0.05, 0) is 49.7 Å². The fraction of sp³-hybridized carbons (Fsp3) is 0.300. The number of amides is 1. The lowest BCUT2D eigenvalue weighted by atomic mass is 10.1. The van der Waals surface area contributed by atoms with E-state index in [4.69, 9.17) is 16.3 Å². The molecule has 0 fully saturated rings. The maximum atomic E-state index is 12.2. The van der Waals surface area contributed by atoms with E-state index in [-0.39, 0.29) is 17.7 Å². The third-order valence-electron chi connectivity index (χ3n) is 3.90. The summed E-state index contributed by atoms with van der Waals surface area (Å²) < 4.78 is 5.33. The second-order valence-electron chi connectivity index (χ2n) is 5.92. The predicted molar refractivity (Wildman–Crippen MR) is 107 cm³/mol. The fourth-order valence-corrected chi connectivity index (χ4v) is 3.52. The Hall–Kier alpha value is -1.98. The Balaban J connectivity index is 1.90. The molecule has 0 radical (unpaired) electrons. The zero-order valence-corrected chi connectivity index (χ0v) is 16.6. The van der Waals surface area contributed by atoms with Crippen molar-refractivity contribution in [3.8, 4) is 5.75 Å². The molecule has 0 unspecified atom stereocenters. The van der Waals surface area contributed by atoms with Crippen LogP contribution in [0.4, 0.5) is 0 Å². The smallest absolute Gasteiger partial charge is 0.230 e. The lowest BCUT2D eigenvalue weighted by molar-refractivity contribution is -0.119. The first-order valence-corrected chi connectivity index (χ1v) is 9.74. The first-order valence-electron chi connectivity index (χ1n) is 8.21. The van der Waals surface area contributed by atoms with Crippen molar-refractivity contribution in [1.82, 2.24) is 5.32 Å². The van der Waals surface area contributed by atoms with Crippen molar-refractivity contribution in [2.75, 3.05) is 12.9 Å². The molecule has 0 bridgehead atoms. The van der Waals surface area contributed by atoms with E-state index in [9.17, 15) is 9.59 Å². The fourth-order valence-electron chi connectivity index (χ4n) is 2.51. The number of hydrogen-bond acceptors (Lipinski definition) is 4. The molecule has 0 spiro atoms. The molecular weight excluding hydrogens is 370 g/mol. The van der Waals surface area contributed by atoms with Crippen molar-refractivity contribution < 1.29 is 14.3 Å². The van der Waals surface area contributed by atoms with E-state index in [1.54, 1.807) is 25.3 Å². The van der Waals surface area contributed by atoms with Crippen molar-refractivity contribution in [1.29, 1.82) is 0 Å². The molecule has 0 saturated carbocycles. The number of Topliss-reactive ketones (excluding diaryl/α,β-unsaturated/α-hetero) is 1. The van der Waals surface area contributed by atoms with Gasteiger partial charge in [-0.25, -0.2) is 0 Å². The zero-order valence-electron chi connectivity index (χ0n) is 15.0. The summed E-state index contributed by atoms with van der Waals surface area (Å²) in [5.74, 6) is 1.58. The summed E-state index contributed by atoms with van der Waals surface area (Å²) in [5.41, 5.74) is 2.51. The summed E-state index contributed by atoms with van der Waals surface area (Å²) in [5, 5.41) is 3.61. The van der Waals surface area contributed by atoms with Gasteiger partial charge in [-0.3, -0.25) is 9.59 Å². The number of thioether (sulfide) groups is 1. The number of rotatable bonds is 8. The van der Waals surface area contributed by atoms with Crippen LogP contribution in [0.2, 0.25) is 5.02 Å². The molecule has 26 heavy (non-hydrogen) atoms. The number of carbonyl (C=O) groups excluding carboxylic acids is 2. The summed E-state index contributed by atoms with van der Waals surface area (Å²) in [7, 11) is 1.59. The first-order chi connectivity index (χ1) is 12.4. The number of halogens is 1. The third kappa shape index (κ3) is 5.78. The van der Waals surface area contributed by atoms with Gasteiger partial charge >= 0.3 is 0 Å². The standard InChI is InChI=1S/C20H22ClNO3S/c1-13(15-5-4-6-18(21)10-15)22-20(24)12-26-11-17-9-16(14(2)23)7-8-19(17)25-3/h4-10,13H,11-12H2,1-3H3,(H,22,24)/t13-/m1/s1. The summed E-state index contributed by atoms with van der Waals surface area (Å²) >= 11 is 7.46. The molecule has 0 aliphatic rings. The van der Waals surface area contributed by atoms with Gasteiger partial charge in [0, 0.05) is 21.9 Å². The molecule has 0 aliphatic heterocycles. The summed E-state index contributed by atoms with van der Waals surface area (Å²) in [6.45, 7) is 3.46. The van der Waals surface area contributed by atoms with Gasteiger partial charge in [-0.1, -0.05) is 23.7 Å². The van der Waals surface area contributed by atoms with Crippen LogP contribution in [-0.2, 0) is 10.5 Å². The number of carbonyl (C=O) groups is 2. The Labute approximate surface area is 163 Å². The Kier molecular flexibility index (Phi) is 7.54. The van der Waals surface area contributed by atoms with Crippen LogP contribution < -0.4 is 10.1 Å². The van der Waals surface area contributed by atoms with Crippen LogP contribution in [0, 0.1) is 0 Å². The third-order valence-corrected chi connectivity index (χ3v) is 5.12. The average Bonchev–Trinajstić information content (AvgIpc) is 2.61. The molecule has 0 saturated heterocycles. The van der Waals surface area contributed by atoms with Crippen molar-refractivity contribution in [3.05, 3.63) is 64.2 Å². The Morgan fingerprint density at radius 1 is 1.23 bits per heavy atom. The van der Waals surface area contributed by atoms with Gasteiger partial charge < -0.3 is 10.1 Å². The van der Waals surface area contributed by atoms with E-state index in [0.29, 0.717) is 22.1 Å². The molecule has 138 valence electrons. The molecule has 0 aliphatic carbocycles. The van der Waals surface area contributed by atoms with Gasteiger partial charge in [0.2, 0.25) is 5.91 Å². The van der Waals surface area contributed by atoms with Crippen LogP contribution in [0.25, 0.3) is 0 Å². The zero-order chi connectivity index (χ0) is 19.1. The van der Waals surface area contributed by atoms with Crippen molar-refractivity contribution in [2.24, 2.45) is 0 Å². The van der Waals surface area contributed by atoms with Gasteiger partial charge in [0.05, 0.1) is 18.9 Å². The molecule has 1 N–H and O–H groups in total. The van der Waals surface area contributed by atoms with Crippen molar-refractivity contribution >= 4 is 35.1 Å². The van der Waals surface area contributed by atoms with Crippen LogP contribution in [0.3, 0.4) is 0 Å². The Bertz CT molecular complexity index is 794. The SMILES string of the molecule is COc1ccc(C(C)=O)cc1CSCC(=O)N[C@H](C)c1cccc(Cl)c1. The second-order valence-corrected chi connectivity index (χ2v) is 7.34. The summed E-state index contributed by atoms with van der Waals surface area (Å²) in [6, 6.07) is 12.7. The highest BCUT2D eigenvalue weighted by molar-refractivity contribution is 7.99. The largest absolute Gasteiger partial charge is 0.496 e. The van der Waals surface area contributed by atoms with Gasteiger partial charge in [0.1, 0.15) is 5.75 Å². The number of nitrogens with one attached hydrogen (secondary N) is 1. The van der Waals surface area contributed by atoms with E-state index < -0.39 is 0 Å². The van der Waals surface area contributed by atoms with E-state index >= 15 is 0 Å². The monoisotopic (exact) mass is 391 g/mol. The minimum Gasteiger partial charge on any atom is -0.496 e. The minimum atomic E-state index is -0.114. The van der Waals surface area contributed by atoms with Crippen molar-refractivity contribution in [2.45, 2.75) is 25.6 Å². The van der Waals surface area contributed by atoms with E-state index in [0.717, 1.165) is 16.9 Å². The van der Waals surface area contributed by atoms with Gasteiger partial charge in [0.15, 0.2) is 5.78 Å². The average molecular weight is 392 g/mol. The molecular formula is C20H22ClNO3S. The van der Waals surface area contributed by atoms with Gasteiger partial charge in [-0.2, -0.15) is 0 Å². The number of ether oxygens (including phenoxy) is 1. The molecule has 0 heterocycles. The molecule has 2 rings (SSSR count). The van der Waals surface area contributed by atoms with Gasteiger partial charge in [-0.15, -0.1) is 11.8 Å². The summed E-state index contributed by atoms with van der Waals surface area (Å²) in [4.78, 5) is 23.7. The summed E-state index contributed by atoms with van der Waals surface area (Å²) in [6.07, 6.45) is 0. The van der Waals surface area contributed by atoms with E-state index in [1.165, 1.54) is 18.7 Å². The predicted octanol–water partition coefficient (Wildman–Crippen LogP) is 4.66. The van der Waals surface area contributed by atoms with Crippen LogP contribution in [0.15, 0.2) is 42.5 Å². The minimum absolute atomic E-state index is 0.00647. The topological polar surface area (TPSA) is 55.4 Å². The molecule has 1 atom stereocenters. The number of hydrogen-bond donors (Lipinski definition) is 1. The molecule has 1 amide bonds. The maximum absolute atomic E-state index is 12.2. The lowest BCUT2D eigenvalue weighted by Gasteiger charge is -2.15. The van der Waals surface area contributed by atoms with E-state index in [1.807, 2.05) is 31.2 Å². The molecule has 4 nitrogen and oxygen atoms in total. The van der Waals surface area contributed by atoms with Gasteiger partial charge in [0.25, 0.3) is 0 Å². The highest BCUT2D eigenvalue weighted by Crippen LogP contribution is 2.25. The Morgan fingerprint density at radius 2 is 2.00 bits per heavy atom. The number of benzene rings is 2. The molecule has 0 aromatic heterocycles. The van der Waals surface area contributed by atoms with Crippen LogP contribution in [0.1, 0.15) is 41.4 Å². The second kappa shape index (κ2) is 9.64. The Morgan fingerprint density at radius 3 is 2.65 bits per heavy atom. The molecule has 2 aromatic rings. The highest BCUT2D eigenvalue weighted by Gasteiger charge is 2.12. The number of ketones is 1. The molecule has 6 heteroatoms. The van der Waals surface area contributed by atoms with Crippen LogP contribution in [-0.4, -0.2) is 24.6 Å². The molecule has 2 aromatic carbocycles. The maximum Gasteiger partial charge on any atom is 0.230 e.